The van der Waals surface area contributed by atoms with Gasteiger partial charge in [0, 0.05) is 6.04 Å². The SMILES string of the molecule is O=C(NC1CCC(C(=O)O)CC1)c1scnc1Cl. The minimum absolute atomic E-state index is 0.0336. The number of halogens is 1. The number of hydrogen-bond donors (Lipinski definition) is 2. The van der Waals surface area contributed by atoms with E-state index in [1.165, 1.54) is 16.8 Å². The monoisotopic (exact) mass is 288 g/mol. The first-order chi connectivity index (χ1) is 8.58. The largest absolute Gasteiger partial charge is 0.481 e. The molecule has 1 amide bonds. The average molecular weight is 289 g/mol. The van der Waals surface area contributed by atoms with Crippen LogP contribution in [0.25, 0.3) is 0 Å². The Hall–Kier alpha value is -1.14. The minimum Gasteiger partial charge on any atom is -0.481 e. The molecule has 1 fully saturated rings. The molecule has 1 aliphatic carbocycles. The Morgan fingerprint density at radius 3 is 2.56 bits per heavy atom. The van der Waals surface area contributed by atoms with Gasteiger partial charge in [-0.3, -0.25) is 9.59 Å². The Bertz CT molecular complexity index is 455. The number of thiazole rings is 1. The molecule has 0 saturated heterocycles. The highest BCUT2D eigenvalue weighted by Crippen LogP contribution is 2.25. The summed E-state index contributed by atoms with van der Waals surface area (Å²) < 4.78 is 0. The predicted molar refractivity (Wildman–Crippen MR) is 68.0 cm³/mol. The second-order valence-corrected chi connectivity index (χ2v) is 5.55. The molecule has 18 heavy (non-hydrogen) atoms. The molecule has 0 aromatic carbocycles. The van der Waals surface area contributed by atoms with Crippen molar-refractivity contribution in [2.24, 2.45) is 5.92 Å². The summed E-state index contributed by atoms with van der Waals surface area (Å²) in [6.07, 6.45) is 2.60. The van der Waals surface area contributed by atoms with Crippen LogP contribution in [0.2, 0.25) is 5.15 Å². The van der Waals surface area contributed by atoms with Gasteiger partial charge >= 0.3 is 5.97 Å². The van der Waals surface area contributed by atoms with Crippen molar-refractivity contribution in [1.82, 2.24) is 10.3 Å². The van der Waals surface area contributed by atoms with Gasteiger partial charge in [0.15, 0.2) is 5.15 Å². The smallest absolute Gasteiger partial charge is 0.306 e. The molecule has 5 nitrogen and oxygen atoms in total. The van der Waals surface area contributed by atoms with E-state index < -0.39 is 5.97 Å². The van der Waals surface area contributed by atoms with E-state index in [0.717, 1.165) is 0 Å². The lowest BCUT2D eigenvalue weighted by molar-refractivity contribution is -0.142. The molecule has 0 unspecified atom stereocenters. The third-order valence-electron chi connectivity index (χ3n) is 3.14. The highest BCUT2D eigenvalue weighted by atomic mass is 35.5. The summed E-state index contributed by atoms with van der Waals surface area (Å²) in [4.78, 5) is 26.9. The maximum Gasteiger partial charge on any atom is 0.306 e. The van der Waals surface area contributed by atoms with Gasteiger partial charge in [0.2, 0.25) is 0 Å². The molecule has 2 N–H and O–H groups in total. The average Bonchev–Trinajstić information content (AvgIpc) is 2.76. The number of carbonyl (C=O) groups is 2. The van der Waals surface area contributed by atoms with E-state index in [2.05, 4.69) is 10.3 Å². The molecule has 1 aromatic rings. The molecule has 98 valence electrons. The van der Waals surface area contributed by atoms with Gasteiger partial charge in [-0.05, 0) is 25.7 Å². The molecular formula is C11H13ClN2O3S. The molecule has 0 bridgehead atoms. The van der Waals surface area contributed by atoms with Crippen LogP contribution in [-0.4, -0.2) is 28.0 Å². The molecule has 2 rings (SSSR count). The van der Waals surface area contributed by atoms with Gasteiger partial charge in [0.1, 0.15) is 4.88 Å². The van der Waals surface area contributed by atoms with Crippen molar-refractivity contribution in [2.75, 3.05) is 0 Å². The molecule has 1 heterocycles. The van der Waals surface area contributed by atoms with Gasteiger partial charge in [0.25, 0.3) is 5.91 Å². The van der Waals surface area contributed by atoms with E-state index in [9.17, 15) is 9.59 Å². The normalized spacial score (nSPS) is 23.6. The molecule has 7 heteroatoms. The number of aliphatic carboxylic acids is 1. The van der Waals surface area contributed by atoms with Crippen molar-refractivity contribution in [2.45, 2.75) is 31.7 Å². The van der Waals surface area contributed by atoms with E-state index in [1.54, 1.807) is 0 Å². The number of aromatic nitrogens is 1. The summed E-state index contributed by atoms with van der Waals surface area (Å²) in [5.41, 5.74) is 1.53. The van der Waals surface area contributed by atoms with E-state index in [1.807, 2.05) is 0 Å². The van der Waals surface area contributed by atoms with Gasteiger partial charge in [-0.15, -0.1) is 11.3 Å². The van der Waals surface area contributed by atoms with E-state index in [-0.39, 0.29) is 23.0 Å². The van der Waals surface area contributed by atoms with Crippen molar-refractivity contribution in [3.8, 4) is 0 Å². The number of carbonyl (C=O) groups excluding carboxylic acids is 1. The van der Waals surface area contributed by atoms with Gasteiger partial charge in [-0.1, -0.05) is 11.6 Å². The summed E-state index contributed by atoms with van der Waals surface area (Å²) in [6, 6.07) is 0.0336. The van der Waals surface area contributed by atoms with Gasteiger partial charge in [-0.2, -0.15) is 0 Å². The van der Waals surface area contributed by atoms with Crippen molar-refractivity contribution in [1.29, 1.82) is 0 Å². The lowest BCUT2D eigenvalue weighted by Gasteiger charge is -2.26. The topological polar surface area (TPSA) is 79.3 Å². The zero-order valence-electron chi connectivity index (χ0n) is 9.56. The number of hydrogen-bond acceptors (Lipinski definition) is 4. The van der Waals surface area contributed by atoms with Crippen LogP contribution in [0.3, 0.4) is 0 Å². The molecule has 0 spiro atoms. The first-order valence-electron chi connectivity index (χ1n) is 5.70. The Balaban J connectivity index is 1.87. The molecule has 0 atom stereocenters. The maximum atomic E-state index is 11.9. The van der Waals surface area contributed by atoms with Crippen LogP contribution in [0.1, 0.15) is 35.4 Å². The van der Waals surface area contributed by atoms with Crippen molar-refractivity contribution in [3.63, 3.8) is 0 Å². The fraction of sp³-hybridized carbons (Fsp3) is 0.545. The van der Waals surface area contributed by atoms with Gasteiger partial charge < -0.3 is 10.4 Å². The zero-order chi connectivity index (χ0) is 13.1. The molecule has 0 radical (unpaired) electrons. The van der Waals surface area contributed by atoms with Crippen LogP contribution in [-0.2, 0) is 4.79 Å². The summed E-state index contributed by atoms with van der Waals surface area (Å²) in [5, 5.41) is 12.0. The van der Waals surface area contributed by atoms with Crippen LogP contribution < -0.4 is 5.32 Å². The molecule has 0 aliphatic heterocycles. The first-order valence-corrected chi connectivity index (χ1v) is 6.96. The Morgan fingerprint density at radius 2 is 2.06 bits per heavy atom. The van der Waals surface area contributed by atoms with E-state index in [4.69, 9.17) is 16.7 Å². The Morgan fingerprint density at radius 1 is 1.39 bits per heavy atom. The fourth-order valence-corrected chi connectivity index (χ4v) is 3.02. The first kappa shape index (κ1) is 13.3. The van der Waals surface area contributed by atoms with Gasteiger partial charge in [-0.25, -0.2) is 4.98 Å². The summed E-state index contributed by atoms with van der Waals surface area (Å²) in [6.45, 7) is 0. The molecule has 1 saturated carbocycles. The van der Waals surface area contributed by atoms with Crippen LogP contribution >= 0.6 is 22.9 Å². The summed E-state index contributed by atoms with van der Waals surface area (Å²) in [7, 11) is 0. The number of rotatable bonds is 3. The highest BCUT2D eigenvalue weighted by Gasteiger charge is 2.27. The lowest BCUT2D eigenvalue weighted by atomic mass is 9.86. The molecule has 1 aliphatic rings. The van der Waals surface area contributed by atoms with E-state index in [0.29, 0.717) is 30.6 Å². The summed E-state index contributed by atoms with van der Waals surface area (Å²) in [5.74, 6) is -1.24. The zero-order valence-corrected chi connectivity index (χ0v) is 11.1. The second kappa shape index (κ2) is 5.67. The van der Waals surface area contributed by atoms with E-state index >= 15 is 0 Å². The second-order valence-electron chi connectivity index (χ2n) is 4.33. The molecule has 1 aromatic heterocycles. The third-order valence-corrected chi connectivity index (χ3v) is 4.37. The third kappa shape index (κ3) is 3.00. The van der Waals surface area contributed by atoms with Crippen molar-refractivity contribution in [3.05, 3.63) is 15.5 Å². The number of nitrogens with one attached hydrogen (secondary N) is 1. The van der Waals surface area contributed by atoms with Crippen LogP contribution in [0.4, 0.5) is 0 Å². The minimum atomic E-state index is -0.745. The quantitative estimate of drug-likeness (QED) is 0.893. The van der Waals surface area contributed by atoms with Crippen molar-refractivity contribution < 1.29 is 14.7 Å². The van der Waals surface area contributed by atoms with Crippen LogP contribution in [0.15, 0.2) is 5.51 Å². The highest BCUT2D eigenvalue weighted by molar-refractivity contribution is 7.12. The van der Waals surface area contributed by atoms with Crippen molar-refractivity contribution >= 4 is 34.8 Å². The Kier molecular flexibility index (Phi) is 4.19. The van der Waals surface area contributed by atoms with Crippen LogP contribution in [0.5, 0.6) is 0 Å². The number of nitrogens with zero attached hydrogens (tertiary/aromatic N) is 1. The van der Waals surface area contributed by atoms with Crippen LogP contribution in [0, 0.1) is 5.92 Å². The lowest BCUT2D eigenvalue weighted by Crippen LogP contribution is -2.38. The molecular weight excluding hydrogens is 276 g/mol. The summed E-state index contributed by atoms with van der Waals surface area (Å²) >= 11 is 6.98. The number of carboxylic acid groups (broad SMARTS) is 1. The maximum absolute atomic E-state index is 11.9. The number of amides is 1. The predicted octanol–water partition coefficient (Wildman–Crippen LogP) is 2.17. The fourth-order valence-electron chi connectivity index (χ4n) is 2.12. The van der Waals surface area contributed by atoms with Gasteiger partial charge in [0.05, 0.1) is 11.4 Å². The number of carboxylic acids is 1. The standard InChI is InChI=1S/C11H13ClN2O3S/c12-9-8(18-5-13-9)10(15)14-7-3-1-6(2-4-7)11(16)17/h5-7H,1-4H2,(H,14,15)(H,16,17). The Labute approximate surface area is 113 Å².